The Morgan fingerprint density at radius 3 is 2.55 bits per heavy atom. The minimum absolute atomic E-state index is 0.0463. The Bertz CT molecular complexity index is 606. The third-order valence-electron chi connectivity index (χ3n) is 4.79. The van der Waals surface area contributed by atoms with Gasteiger partial charge in [0.05, 0.1) is 6.61 Å². The number of guanidine groups is 1. The highest BCUT2D eigenvalue weighted by atomic mass is 19.1. The zero-order chi connectivity index (χ0) is 16.5. The van der Waals surface area contributed by atoms with Gasteiger partial charge in [0.1, 0.15) is 11.6 Å². The molecule has 5 heteroatoms. The second-order valence-corrected chi connectivity index (χ2v) is 6.36. The maximum absolute atomic E-state index is 14.0. The van der Waals surface area contributed by atoms with Gasteiger partial charge in [0.25, 0.3) is 0 Å². The number of halogens is 1. The molecule has 4 nitrogen and oxygen atoms in total. The molecule has 1 fully saturated rings. The summed E-state index contributed by atoms with van der Waals surface area (Å²) in [5, 5.41) is 0. The molecular weight excluding hydrogens is 281 g/mol. The summed E-state index contributed by atoms with van der Waals surface area (Å²) in [6.45, 7) is 10.6. The summed E-state index contributed by atoms with van der Waals surface area (Å²) < 4.78 is 19.5. The summed E-state index contributed by atoms with van der Waals surface area (Å²) >= 11 is 0. The van der Waals surface area contributed by atoms with Crippen LogP contribution in [0.2, 0.25) is 0 Å². The molecule has 0 radical (unpaired) electrons. The SMILES string of the molecule is C=CN=C(N)N.C[C@@H]1[C@@H](c2c(F)ccc3c2CCO3)C1(C)C. The molecule has 2 atom stereocenters. The molecule has 1 aromatic rings. The van der Waals surface area contributed by atoms with E-state index >= 15 is 0 Å². The first-order chi connectivity index (χ1) is 10.3. The molecule has 0 amide bonds. The largest absolute Gasteiger partial charge is 0.493 e. The van der Waals surface area contributed by atoms with Crippen LogP contribution in [0.15, 0.2) is 29.9 Å². The van der Waals surface area contributed by atoms with Crippen LogP contribution < -0.4 is 16.2 Å². The Morgan fingerprint density at radius 1 is 1.45 bits per heavy atom. The first-order valence-corrected chi connectivity index (χ1v) is 7.44. The molecule has 1 aliphatic carbocycles. The molecule has 0 spiro atoms. The molecule has 0 unspecified atom stereocenters. The van der Waals surface area contributed by atoms with Crippen LogP contribution >= 0.6 is 0 Å². The van der Waals surface area contributed by atoms with E-state index < -0.39 is 0 Å². The molecular formula is C17H24FN3O. The average Bonchev–Trinajstić information content (AvgIpc) is 2.81. The normalized spacial score (nSPS) is 23.5. The molecule has 0 bridgehead atoms. The molecule has 0 aromatic heterocycles. The van der Waals surface area contributed by atoms with Gasteiger partial charge in [-0.2, -0.15) is 0 Å². The third-order valence-corrected chi connectivity index (χ3v) is 4.79. The van der Waals surface area contributed by atoms with Crippen LogP contribution in [-0.2, 0) is 6.42 Å². The molecule has 2 aliphatic rings. The van der Waals surface area contributed by atoms with Crippen LogP contribution in [0, 0.1) is 17.2 Å². The monoisotopic (exact) mass is 305 g/mol. The fraction of sp³-hybridized carbons (Fsp3) is 0.471. The lowest BCUT2D eigenvalue weighted by atomic mass is 9.96. The molecule has 120 valence electrons. The summed E-state index contributed by atoms with van der Waals surface area (Å²) in [6, 6.07) is 3.32. The summed E-state index contributed by atoms with van der Waals surface area (Å²) in [4.78, 5) is 3.36. The lowest BCUT2D eigenvalue weighted by Crippen LogP contribution is -2.21. The second-order valence-electron chi connectivity index (χ2n) is 6.36. The van der Waals surface area contributed by atoms with Gasteiger partial charge in [0, 0.05) is 18.2 Å². The Labute approximate surface area is 131 Å². The molecule has 3 rings (SSSR count). The smallest absolute Gasteiger partial charge is 0.190 e. The highest BCUT2D eigenvalue weighted by Crippen LogP contribution is 2.65. The Balaban J connectivity index is 0.000000254. The number of nitrogens with two attached hydrogens (primary N) is 2. The van der Waals surface area contributed by atoms with Gasteiger partial charge in [-0.15, -0.1) is 0 Å². The minimum atomic E-state index is -0.0494. The van der Waals surface area contributed by atoms with Crippen LogP contribution in [0.5, 0.6) is 5.75 Å². The predicted molar refractivity (Wildman–Crippen MR) is 87.3 cm³/mol. The van der Waals surface area contributed by atoms with Gasteiger partial charge < -0.3 is 16.2 Å². The van der Waals surface area contributed by atoms with E-state index in [4.69, 9.17) is 16.2 Å². The number of nitrogens with zero attached hydrogens (tertiary/aromatic N) is 1. The van der Waals surface area contributed by atoms with Gasteiger partial charge in [0.15, 0.2) is 5.96 Å². The molecule has 1 aliphatic heterocycles. The lowest BCUT2D eigenvalue weighted by Gasteiger charge is -2.10. The van der Waals surface area contributed by atoms with Crippen molar-refractivity contribution in [1.29, 1.82) is 0 Å². The van der Waals surface area contributed by atoms with E-state index in [1.807, 2.05) is 0 Å². The summed E-state index contributed by atoms with van der Waals surface area (Å²) in [7, 11) is 0. The minimum Gasteiger partial charge on any atom is -0.493 e. The number of benzene rings is 1. The van der Waals surface area contributed by atoms with Crippen molar-refractivity contribution in [3.05, 3.63) is 41.9 Å². The Hall–Kier alpha value is -2.04. The van der Waals surface area contributed by atoms with E-state index in [9.17, 15) is 4.39 Å². The van der Waals surface area contributed by atoms with E-state index in [1.165, 1.54) is 6.20 Å². The molecule has 1 aromatic carbocycles. The number of fused-ring (bicyclic) bond motifs is 1. The van der Waals surface area contributed by atoms with E-state index in [0.29, 0.717) is 18.4 Å². The standard InChI is InChI=1S/C14H17FO.C3H7N3/c1-8-13(14(8,2)3)12-9-6-7-16-11(9)5-4-10(12)15;1-2-6-3(4)5/h4-5,8,13H,6-7H2,1-3H3;2H,1H2,(H4,4,5,6)/t8-,13+;/m1./s1. The lowest BCUT2D eigenvalue weighted by molar-refractivity contribution is 0.356. The van der Waals surface area contributed by atoms with Crippen molar-refractivity contribution in [2.75, 3.05) is 6.61 Å². The van der Waals surface area contributed by atoms with Crippen LogP contribution in [0.25, 0.3) is 0 Å². The van der Waals surface area contributed by atoms with Gasteiger partial charge >= 0.3 is 0 Å². The van der Waals surface area contributed by atoms with Gasteiger partial charge in [-0.3, -0.25) is 0 Å². The molecule has 1 saturated carbocycles. The molecule has 22 heavy (non-hydrogen) atoms. The summed E-state index contributed by atoms with van der Waals surface area (Å²) in [5.74, 6) is 1.82. The fourth-order valence-electron chi connectivity index (χ4n) is 3.23. The highest BCUT2D eigenvalue weighted by molar-refractivity contribution is 5.76. The molecule has 0 saturated heterocycles. The van der Waals surface area contributed by atoms with Crippen LogP contribution in [0.1, 0.15) is 37.8 Å². The average molecular weight is 305 g/mol. The van der Waals surface area contributed by atoms with Crippen molar-refractivity contribution in [2.45, 2.75) is 33.1 Å². The van der Waals surface area contributed by atoms with Crippen molar-refractivity contribution < 1.29 is 9.13 Å². The van der Waals surface area contributed by atoms with Gasteiger partial charge in [-0.25, -0.2) is 9.38 Å². The van der Waals surface area contributed by atoms with Gasteiger partial charge in [0.2, 0.25) is 0 Å². The molecule has 4 N–H and O–H groups in total. The maximum Gasteiger partial charge on any atom is 0.190 e. The van der Waals surface area contributed by atoms with Gasteiger partial charge in [-0.05, 0) is 34.9 Å². The highest BCUT2D eigenvalue weighted by Gasteiger charge is 2.57. The van der Waals surface area contributed by atoms with Crippen molar-refractivity contribution in [2.24, 2.45) is 27.8 Å². The number of hydrogen-bond acceptors (Lipinski definition) is 2. The summed E-state index contributed by atoms with van der Waals surface area (Å²) in [5.41, 5.74) is 12.0. The number of ether oxygens (including phenoxy) is 1. The van der Waals surface area contributed by atoms with E-state index in [0.717, 1.165) is 23.3 Å². The first kappa shape index (κ1) is 16.3. The Kier molecular flexibility index (Phi) is 4.44. The topological polar surface area (TPSA) is 73.6 Å². The first-order valence-electron chi connectivity index (χ1n) is 7.44. The van der Waals surface area contributed by atoms with Gasteiger partial charge in [-0.1, -0.05) is 27.4 Å². The second kappa shape index (κ2) is 5.99. The van der Waals surface area contributed by atoms with Crippen molar-refractivity contribution in [3.8, 4) is 5.75 Å². The maximum atomic E-state index is 14.0. The van der Waals surface area contributed by atoms with E-state index in [2.05, 4.69) is 32.3 Å². The number of hydrogen-bond donors (Lipinski definition) is 2. The third kappa shape index (κ3) is 2.93. The quantitative estimate of drug-likeness (QED) is 0.651. The van der Waals surface area contributed by atoms with E-state index in [1.54, 1.807) is 12.1 Å². The van der Waals surface area contributed by atoms with Crippen LogP contribution in [0.4, 0.5) is 4.39 Å². The van der Waals surface area contributed by atoms with Crippen molar-refractivity contribution >= 4 is 5.96 Å². The van der Waals surface area contributed by atoms with Crippen LogP contribution in [0.3, 0.4) is 0 Å². The Morgan fingerprint density at radius 2 is 2.09 bits per heavy atom. The fourth-order valence-corrected chi connectivity index (χ4v) is 3.23. The zero-order valence-corrected chi connectivity index (χ0v) is 13.4. The van der Waals surface area contributed by atoms with E-state index in [-0.39, 0.29) is 17.2 Å². The zero-order valence-electron chi connectivity index (χ0n) is 13.4. The van der Waals surface area contributed by atoms with Crippen molar-refractivity contribution in [1.82, 2.24) is 0 Å². The van der Waals surface area contributed by atoms with Crippen molar-refractivity contribution in [3.63, 3.8) is 0 Å². The predicted octanol–water partition coefficient (Wildman–Crippen LogP) is 2.92. The van der Waals surface area contributed by atoms with Crippen LogP contribution in [-0.4, -0.2) is 12.6 Å². The molecule has 1 heterocycles. The number of rotatable bonds is 2. The summed E-state index contributed by atoms with van der Waals surface area (Å²) in [6.07, 6.45) is 2.15. The number of aliphatic imine (C=N–C) groups is 1.